The first-order valence-corrected chi connectivity index (χ1v) is 8.02. The highest BCUT2D eigenvalue weighted by atomic mass is 19.3. The molecule has 2 aromatic carbocycles. The number of carbonyl (C=O) groups excluding carboxylic acids is 2. The molecule has 6 nitrogen and oxygen atoms in total. The second kappa shape index (κ2) is 8.98. The summed E-state index contributed by atoms with van der Waals surface area (Å²) in [7, 11) is 1.46. The standard InChI is InChI=1S/C19H19F2NO5/c1-11-8-9-16(25-3)14(10-11)22-17(23)12(2)26-18(24)13-6-4-5-7-15(13)27-19(20)21/h4-10,12,19H,1-3H3,(H,22,23)/t12-/m0/s1. The van der Waals surface area contributed by atoms with E-state index in [1.165, 1.54) is 38.3 Å². The Hall–Kier alpha value is -3.16. The fourth-order valence-corrected chi connectivity index (χ4v) is 2.27. The maximum atomic E-state index is 12.5. The average Bonchev–Trinajstić information content (AvgIpc) is 2.61. The van der Waals surface area contributed by atoms with Crippen molar-refractivity contribution in [2.45, 2.75) is 26.6 Å². The van der Waals surface area contributed by atoms with Gasteiger partial charge in [-0.15, -0.1) is 0 Å². The van der Waals surface area contributed by atoms with Crippen molar-refractivity contribution < 1.29 is 32.6 Å². The Morgan fingerprint density at radius 3 is 2.44 bits per heavy atom. The van der Waals surface area contributed by atoms with Crippen molar-refractivity contribution in [1.29, 1.82) is 0 Å². The normalized spacial score (nSPS) is 11.6. The topological polar surface area (TPSA) is 73.9 Å². The van der Waals surface area contributed by atoms with E-state index in [9.17, 15) is 18.4 Å². The molecule has 0 aliphatic heterocycles. The third kappa shape index (κ3) is 5.40. The van der Waals surface area contributed by atoms with E-state index in [0.717, 1.165) is 5.56 Å². The number of amides is 1. The number of ether oxygens (including phenoxy) is 3. The monoisotopic (exact) mass is 379 g/mol. The van der Waals surface area contributed by atoms with E-state index in [-0.39, 0.29) is 11.3 Å². The second-order valence-corrected chi connectivity index (χ2v) is 5.62. The van der Waals surface area contributed by atoms with Gasteiger partial charge in [-0.25, -0.2) is 4.79 Å². The Bertz CT molecular complexity index is 825. The molecular formula is C19H19F2NO5. The highest BCUT2D eigenvalue weighted by Crippen LogP contribution is 2.26. The van der Waals surface area contributed by atoms with Crippen molar-refractivity contribution in [3.05, 3.63) is 53.6 Å². The molecule has 0 saturated carbocycles. The van der Waals surface area contributed by atoms with Crippen LogP contribution in [-0.2, 0) is 9.53 Å². The van der Waals surface area contributed by atoms with E-state index in [4.69, 9.17) is 9.47 Å². The highest BCUT2D eigenvalue weighted by molar-refractivity contribution is 5.99. The van der Waals surface area contributed by atoms with Crippen LogP contribution in [0.2, 0.25) is 0 Å². The Morgan fingerprint density at radius 2 is 1.78 bits per heavy atom. The molecule has 0 saturated heterocycles. The summed E-state index contributed by atoms with van der Waals surface area (Å²) in [6.45, 7) is 0.123. The SMILES string of the molecule is COc1ccc(C)cc1NC(=O)[C@H](C)OC(=O)c1ccccc1OC(F)F. The van der Waals surface area contributed by atoms with Crippen LogP contribution in [0.3, 0.4) is 0 Å². The molecule has 0 spiro atoms. The van der Waals surface area contributed by atoms with Gasteiger partial charge in [0.2, 0.25) is 0 Å². The molecule has 8 heteroatoms. The number of methoxy groups -OCH3 is 1. The minimum atomic E-state index is -3.09. The smallest absolute Gasteiger partial charge is 0.387 e. The van der Waals surface area contributed by atoms with E-state index < -0.39 is 24.6 Å². The summed E-state index contributed by atoms with van der Waals surface area (Å²) in [5, 5.41) is 2.61. The molecule has 2 rings (SSSR count). The molecule has 0 unspecified atom stereocenters. The van der Waals surface area contributed by atoms with Gasteiger partial charge in [-0.05, 0) is 43.7 Å². The number of anilines is 1. The van der Waals surface area contributed by atoms with Crippen LogP contribution < -0.4 is 14.8 Å². The summed E-state index contributed by atoms with van der Waals surface area (Å²) in [4.78, 5) is 24.6. The number of benzene rings is 2. The average molecular weight is 379 g/mol. The van der Waals surface area contributed by atoms with E-state index in [1.807, 2.05) is 13.0 Å². The van der Waals surface area contributed by atoms with Crippen LogP contribution in [0.25, 0.3) is 0 Å². The third-order valence-corrected chi connectivity index (χ3v) is 3.59. The third-order valence-electron chi connectivity index (χ3n) is 3.59. The minimum absolute atomic E-state index is 0.203. The fourth-order valence-electron chi connectivity index (χ4n) is 2.27. The molecule has 0 radical (unpaired) electrons. The quantitative estimate of drug-likeness (QED) is 0.741. The van der Waals surface area contributed by atoms with Gasteiger partial charge in [-0.3, -0.25) is 4.79 Å². The molecule has 0 aromatic heterocycles. The lowest BCUT2D eigenvalue weighted by atomic mass is 10.2. The second-order valence-electron chi connectivity index (χ2n) is 5.62. The molecule has 0 aliphatic carbocycles. The van der Waals surface area contributed by atoms with E-state index in [0.29, 0.717) is 11.4 Å². The summed E-state index contributed by atoms with van der Waals surface area (Å²) in [5.41, 5.74) is 1.12. The van der Waals surface area contributed by atoms with Crippen molar-refractivity contribution in [1.82, 2.24) is 0 Å². The fraction of sp³-hybridized carbons (Fsp3) is 0.263. The first-order valence-electron chi connectivity index (χ1n) is 8.02. The number of hydrogen-bond donors (Lipinski definition) is 1. The van der Waals surface area contributed by atoms with Crippen LogP contribution in [0.1, 0.15) is 22.8 Å². The number of halogens is 2. The predicted octanol–water partition coefficient (Wildman–Crippen LogP) is 3.79. The van der Waals surface area contributed by atoms with Gasteiger partial charge in [0.1, 0.15) is 17.1 Å². The molecule has 1 N–H and O–H groups in total. The highest BCUT2D eigenvalue weighted by Gasteiger charge is 2.23. The number of nitrogens with one attached hydrogen (secondary N) is 1. The van der Waals surface area contributed by atoms with Crippen LogP contribution in [-0.4, -0.2) is 31.7 Å². The zero-order valence-corrected chi connectivity index (χ0v) is 15.0. The summed E-state index contributed by atoms with van der Waals surface area (Å²) >= 11 is 0. The van der Waals surface area contributed by atoms with E-state index in [2.05, 4.69) is 10.1 Å². The van der Waals surface area contributed by atoms with Crippen molar-refractivity contribution in [2.24, 2.45) is 0 Å². The molecule has 0 aliphatic rings. The lowest BCUT2D eigenvalue weighted by Gasteiger charge is -2.16. The molecule has 2 aromatic rings. The van der Waals surface area contributed by atoms with Crippen molar-refractivity contribution in [3.8, 4) is 11.5 Å². The maximum Gasteiger partial charge on any atom is 0.387 e. The van der Waals surface area contributed by atoms with Crippen molar-refractivity contribution in [3.63, 3.8) is 0 Å². The molecule has 1 atom stereocenters. The predicted molar refractivity (Wildman–Crippen MR) is 94.3 cm³/mol. The van der Waals surface area contributed by atoms with Gasteiger partial charge in [-0.2, -0.15) is 8.78 Å². The van der Waals surface area contributed by atoms with Crippen LogP contribution >= 0.6 is 0 Å². The molecule has 27 heavy (non-hydrogen) atoms. The molecular weight excluding hydrogens is 360 g/mol. The van der Waals surface area contributed by atoms with Gasteiger partial charge in [0.15, 0.2) is 6.10 Å². The zero-order valence-electron chi connectivity index (χ0n) is 15.0. The maximum absolute atomic E-state index is 12.5. The number of aryl methyl sites for hydroxylation is 1. The minimum Gasteiger partial charge on any atom is -0.495 e. The van der Waals surface area contributed by atoms with Crippen LogP contribution in [0.15, 0.2) is 42.5 Å². The Kier molecular flexibility index (Phi) is 6.70. The van der Waals surface area contributed by atoms with Crippen LogP contribution in [0.4, 0.5) is 14.5 Å². The number of esters is 1. The van der Waals surface area contributed by atoms with Gasteiger partial charge in [-0.1, -0.05) is 18.2 Å². The Labute approximate surface area is 155 Å². The summed E-state index contributed by atoms with van der Waals surface area (Å²) < 4.78 is 39.5. The summed E-state index contributed by atoms with van der Waals surface area (Å²) in [6.07, 6.45) is -1.18. The van der Waals surface area contributed by atoms with Crippen LogP contribution in [0.5, 0.6) is 11.5 Å². The van der Waals surface area contributed by atoms with E-state index in [1.54, 1.807) is 12.1 Å². The summed E-state index contributed by atoms with van der Waals surface area (Å²) in [6, 6.07) is 10.6. The number of rotatable bonds is 7. The first-order chi connectivity index (χ1) is 12.8. The Balaban J connectivity index is 2.09. The largest absolute Gasteiger partial charge is 0.495 e. The molecule has 144 valence electrons. The van der Waals surface area contributed by atoms with Gasteiger partial charge < -0.3 is 19.5 Å². The van der Waals surface area contributed by atoms with Gasteiger partial charge in [0.25, 0.3) is 5.91 Å². The summed E-state index contributed by atoms with van der Waals surface area (Å²) in [5.74, 6) is -1.43. The number of alkyl halides is 2. The number of carbonyl (C=O) groups is 2. The van der Waals surface area contributed by atoms with Gasteiger partial charge in [0, 0.05) is 0 Å². The van der Waals surface area contributed by atoms with Gasteiger partial charge >= 0.3 is 12.6 Å². The molecule has 0 fully saturated rings. The van der Waals surface area contributed by atoms with E-state index >= 15 is 0 Å². The molecule has 0 heterocycles. The first kappa shape index (κ1) is 20.2. The lowest BCUT2D eigenvalue weighted by molar-refractivity contribution is -0.123. The molecule has 1 amide bonds. The van der Waals surface area contributed by atoms with Gasteiger partial charge in [0.05, 0.1) is 12.8 Å². The van der Waals surface area contributed by atoms with Crippen molar-refractivity contribution in [2.75, 3.05) is 12.4 Å². The zero-order chi connectivity index (χ0) is 20.0. The lowest BCUT2D eigenvalue weighted by Crippen LogP contribution is -2.30. The number of para-hydroxylation sites is 1. The molecule has 0 bridgehead atoms. The Morgan fingerprint density at radius 1 is 1.07 bits per heavy atom. The van der Waals surface area contributed by atoms with Crippen molar-refractivity contribution >= 4 is 17.6 Å². The number of hydrogen-bond acceptors (Lipinski definition) is 5. The van der Waals surface area contributed by atoms with Crippen LogP contribution in [0, 0.1) is 6.92 Å².